The van der Waals surface area contributed by atoms with Crippen LogP contribution >= 0.6 is 0 Å². The summed E-state index contributed by atoms with van der Waals surface area (Å²) >= 11 is 0. The third-order valence-electron chi connectivity index (χ3n) is 5.09. The van der Waals surface area contributed by atoms with Gasteiger partial charge in [-0.05, 0) is 43.5 Å². The summed E-state index contributed by atoms with van der Waals surface area (Å²) in [6.07, 6.45) is 4.93. The number of methoxy groups -OCH3 is 1. The maximum Gasteiger partial charge on any atom is 0.214 e. The van der Waals surface area contributed by atoms with Gasteiger partial charge < -0.3 is 9.64 Å². The first-order chi connectivity index (χ1) is 13.1. The second kappa shape index (κ2) is 7.19. The quantitative estimate of drug-likeness (QED) is 0.692. The Labute approximate surface area is 159 Å². The van der Waals surface area contributed by atoms with Gasteiger partial charge in [0, 0.05) is 19.2 Å². The number of hydrogen-bond donors (Lipinski definition) is 0. The van der Waals surface area contributed by atoms with E-state index >= 15 is 0 Å². The Morgan fingerprint density at radius 1 is 1.00 bits per heavy atom. The van der Waals surface area contributed by atoms with Crippen LogP contribution in [0.5, 0.6) is 5.75 Å². The summed E-state index contributed by atoms with van der Waals surface area (Å²) in [5, 5.41) is 0.869. The van der Waals surface area contributed by atoms with E-state index in [1.807, 2.05) is 24.3 Å². The van der Waals surface area contributed by atoms with Gasteiger partial charge in [0.05, 0.1) is 23.1 Å². The highest BCUT2D eigenvalue weighted by molar-refractivity contribution is 7.91. The molecule has 1 aliphatic rings. The summed E-state index contributed by atoms with van der Waals surface area (Å²) in [7, 11) is -2.02. The Bertz CT molecular complexity index is 1060. The predicted octanol–water partition coefficient (Wildman–Crippen LogP) is 3.49. The van der Waals surface area contributed by atoms with Gasteiger partial charge >= 0.3 is 0 Å². The molecular weight excluding hydrogens is 360 g/mol. The number of nitrogens with zero attached hydrogens (tertiary/aromatic N) is 1. The number of piperidine rings is 1. The van der Waals surface area contributed by atoms with E-state index in [0.717, 1.165) is 42.5 Å². The van der Waals surface area contributed by atoms with Gasteiger partial charge in [0.15, 0.2) is 11.1 Å². The maximum absolute atomic E-state index is 13.4. The van der Waals surface area contributed by atoms with Gasteiger partial charge in [-0.15, -0.1) is 0 Å². The van der Waals surface area contributed by atoms with Crippen LogP contribution < -0.4 is 14.6 Å². The highest BCUT2D eigenvalue weighted by Crippen LogP contribution is 2.37. The molecule has 1 saturated heterocycles. The molecule has 6 heteroatoms. The predicted molar refractivity (Wildman–Crippen MR) is 105 cm³/mol. The molecule has 0 aliphatic carbocycles. The van der Waals surface area contributed by atoms with Crippen molar-refractivity contribution in [1.82, 2.24) is 0 Å². The Morgan fingerprint density at radius 3 is 2.44 bits per heavy atom. The molecule has 3 aromatic rings. The Balaban J connectivity index is 1.99. The summed E-state index contributed by atoms with van der Waals surface area (Å²) < 4.78 is 32.2. The van der Waals surface area contributed by atoms with Crippen LogP contribution in [0.15, 0.2) is 64.5 Å². The van der Waals surface area contributed by atoms with Crippen molar-refractivity contribution in [2.24, 2.45) is 0 Å². The van der Waals surface area contributed by atoms with Gasteiger partial charge in [0.1, 0.15) is 5.75 Å². The van der Waals surface area contributed by atoms with Crippen LogP contribution in [0.1, 0.15) is 19.3 Å². The van der Waals surface area contributed by atoms with Crippen molar-refractivity contribution in [1.29, 1.82) is 0 Å². The van der Waals surface area contributed by atoms with E-state index in [4.69, 9.17) is 4.74 Å². The molecule has 2 heterocycles. The van der Waals surface area contributed by atoms with Crippen molar-refractivity contribution in [2.45, 2.75) is 29.1 Å². The van der Waals surface area contributed by atoms with Crippen LogP contribution in [0.3, 0.4) is 0 Å². The zero-order valence-electron chi connectivity index (χ0n) is 15.3. The molecule has 1 N–H and O–H groups in total. The third-order valence-corrected chi connectivity index (χ3v) is 6.87. The van der Waals surface area contributed by atoms with E-state index in [2.05, 4.69) is 9.88 Å². The summed E-state index contributed by atoms with van der Waals surface area (Å²) in [6, 6.07) is 14.3. The van der Waals surface area contributed by atoms with Crippen molar-refractivity contribution in [2.75, 3.05) is 25.1 Å². The first-order valence-corrected chi connectivity index (χ1v) is 10.7. The molecule has 0 unspecified atom stereocenters. The molecule has 4 rings (SSSR count). The molecule has 0 saturated carbocycles. The average molecular weight is 383 g/mol. The zero-order chi connectivity index (χ0) is 18.9. The molecule has 27 heavy (non-hydrogen) atoms. The van der Waals surface area contributed by atoms with Gasteiger partial charge in [0.25, 0.3) is 0 Å². The van der Waals surface area contributed by atoms with Crippen molar-refractivity contribution in [3.63, 3.8) is 0 Å². The summed E-state index contributed by atoms with van der Waals surface area (Å²) in [4.78, 5) is 5.99. The van der Waals surface area contributed by atoms with E-state index < -0.39 is 9.84 Å². The number of anilines is 1. The number of sulfone groups is 1. The molecule has 0 atom stereocenters. The largest absolute Gasteiger partial charge is 0.497 e. The van der Waals surface area contributed by atoms with Crippen molar-refractivity contribution in [3.05, 3.63) is 54.7 Å². The van der Waals surface area contributed by atoms with E-state index in [0.29, 0.717) is 15.5 Å². The minimum atomic E-state index is -3.64. The third kappa shape index (κ3) is 3.25. The van der Waals surface area contributed by atoms with Gasteiger partial charge in [-0.3, -0.25) is 0 Å². The minimum Gasteiger partial charge on any atom is -0.497 e. The molecule has 140 valence electrons. The average Bonchev–Trinajstić information content (AvgIpc) is 2.73. The van der Waals surface area contributed by atoms with E-state index in [-0.39, 0.29) is 0 Å². The number of aromatic amines is 1. The SMILES string of the molecule is COc1ccc2[nH+]cc(S(=O)(=O)c3ccccc3)c(N3CCCCC3)c2c1. The van der Waals surface area contributed by atoms with Crippen LogP contribution in [-0.2, 0) is 9.84 Å². The fraction of sp³-hybridized carbons (Fsp3) is 0.286. The molecule has 1 aromatic heterocycles. The standard InChI is InChI=1S/C21H22N2O3S/c1-26-16-10-11-19-18(14-16)21(23-12-6-3-7-13-23)20(15-22-19)27(24,25)17-8-4-2-5-9-17/h2,4-5,8-11,14-15H,3,6-7,12-13H2,1H3/p+1. The molecular formula is C21H23N2O3S+. The number of rotatable bonds is 4. The summed E-state index contributed by atoms with van der Waals surface area (Å²) in [5.74, 6) is 0.711. The highest BCUT2D eigenvalue weighted by Gasteiger charge is 2.30. The number of H-pyrrole nitrogens is 1. The molecule has 0 radical (unpaired) electrons. The number of aromatic nitrogens is 1. The highest BCUT2D eigenvalue weighted by atomic mass is 32.2. The second-order valence-electron chi connectivity index (χ2n) is 6.78. The second-order valence-corrected chi connectivity index (χ2v) is 8.70. The van der Waals surface area contributed by atoms with Crippen LogP contribution in [-0.4, -0.2) is 28.6 Å². The van der Waals surface area contributed by atoms with Crippen molar-refractivity contribution >= 4 is 26.4 Å². The molecule has 2 aromatic carbocycles. The van der Waals surface area contributed by atoms with Gasteiger partial charge in [0.2, 0.25) is 15.4 Å². The smallest absolute Gasteiger partial charge is 0.214 e. The molecule has 0 spiro atoms. The number of nitrogens with one attached hydrogen (secondary N) is 1. The lowest BCUT2D eigenvalue weighted by Gasteiger charge is -2.30. The number of fused-ring (bicyclic) bond motifs is 1. The fourth-order valence-corrected chi connectivity index (χ4v) is 5.17. The van der Waals surface area contributed by atoms with Crippen molar-refractivity contribution in [3.8, 4) is 5.75 Å². The molecule has 5 nitrogen and oxygen atoms in total. The minimum absolute atomic E-state index is 0.305. The van der Waals surface area contributed by atoms with E-state index in [9.17, 15) is 8.42 Å². The Morgan fingerprint density at radius 2 is 1.74 bits per heavy atom. The Kier molecular flexibility index (Phi) is 4.74. The summed E-state index contributed by atoms with van der Waals surface area (Å²) in [6.45, 7) is 1.71. The van der Waals surface area contributed by atoms with E-state index in [1.165, 1.54) is 6.42 Å². The van der Waals surface area contributed by atoms with Gasteiger partial charge in [-0.1, -0.05) is 18.2 Å². The van der Waals surface area contributed by atoms with Crippen LogP contribution in [0, 0.1) is 0 Å². The first kappa shape index (κ1) is 17.8. The fourth-order valence-electron chi connectivity index (χ4n) is 3.69. The lowest BCUT2D eigenvalue weighted by atomic mass is 10.1. The number of hydrogen-bond acceptors (Lipinski definition) is 4. The van der Waals surface area contributed by atoms with Gasteiger partial charge in [-0.2, -0.15) is 0 Å². The lowest BCUT2D eigenvalue weighted by Crippen LogP contribution is -2.31. The first-order valence-electron chi connectivity index (χ1n) is 9.19. The zero-order valence-corrected chi connectivity index (χ0v) is 16.1. The Hall–Kier alpha value is -2.60. The van der Waals surface area contributed by atoms with Crippen LogP contribution in [0.4, 0.5) is 5.69 Å². The molecule has 0 bridgehead atoms. The number of benzene rings is 2. The monoisotopic (exact) mass is 383 g/mol. The lowest BCUT2D eigenvalue weighted by molar-refractivity contribution is -0.347. The van der Waals surface area contributed by atoms with Gasteiger partial charge in [-0.25, -0.2) is 13.4 Å². The topological polar surface area (TPSA) is 60.8 Å². The molecule has 1 aliphatic heterocycles. The summed E-state index contributed by atoms with van der Waals surface area (Å²) in [5.41, 5.74) is 1.66. The molecule has 1 fully saturated rings. The van der Waals surface area contributed by atoms with Crippen molar-refractivity contribution < 1.29 is 18.1 Å². The van der Waals surface area contributed by atoms with Crippen LogP contribution in [0.25, 0.3) is 10.9 Å². The number of ether oxygens (including phenoxy) is 1. The van der Waals surface area contributed by atoms with Crippen LogP contribution in [0.2, 0.25) is 0 Å². The maximum atomic E-state index is 13.4. The molecule has 0 amide bonds. The normalized spacial score (nSPS) is 15.1. The number of pyridine rings is 1. The van der Waals surface area contributed by atoms with E-state index in [1.54, 1.807) is 37.6 Å².